The van der Waals surface area contributed by atoms with Gasteiger partial charge in [-0.3, -0.25) is 5.32 Å². The number of aryl methyl sites for hydroxylation is 1. The summed E-state index contributed by atoms with van der Waals surface area (Å²) >= 11 is 1.41. The molecule has 1 aromatic rings. The molecule has 2 amide bonds. The normalized spacial score (nSPS) is 18.8. The van der Waals surface area contributed by atoms with Gasteiger partial charge in [-0.05, 0) is 38.5 Å². The topological polar surface area (TPSA) is 76.1 Å². The number of nitrogens with zero attached hydrogens (tertiary/aromatic N) is 2. The van der Waals surface area contributed by atoms with Gasteiger partial charge in [-0.2, -0.15) is 0 Å². The van der Waals surface area contributed by atoms with E-state index >= 15 is 0 Å². The van der Waals surface area contributed by atoms with Crippen LogP contribution in [0.3, 0.4) is 0 Å². The van der Waals surface area contributed by atoms with Crippen molar-refractivity contribution in [2.24, 2.45) is 0 Å². The van der Waals surface area contributed by atoms with Crippen molar-refractivity contribution in [3.63, 3.8) is 0 Å². The summed E-state index contributed by atoms with van der Waals surface area (Å²) in [6, 6.07) is -0.214. The van der Waals surface area contributed by atoms with Crippen LogP contribution >= 0.6 is 11.3 Å². The van der Waals surface area contributed by atoms with Crippen LogP contribution in [0.25, 0.3) is 0 Å². The van der Waals surface area contributed by atoms with Gasteiger partial charge in [-0.25, -0.2) is 4.79 Å². The van der Waals surface area contributed by atoms with E-state index in [4.69, 9.17) is 4.74 Å². The maximum absolute atomic E-state index is 11.6. The third-order valence-corrected chi connectivity index (χ3v) is 4.24. The van der Waals surface area contributed by atoms with Crippen molar-refractivity contribution in [1.29, 1.82) is 0 Å². The first-order valence-corrected chi connectivity index (χ1v) is 8.08. The number of hydrogen-bond donors (Lipinski definition) is 2. The number of hydrogen-bond acceptors (Lipinski definition) is 5. The lowest BCUT2D eigenvalue weighted by atomic mass is 10.0. The Bertz CT molecular complexity index is 418. The molecular weight excluding hydrogens is 276 g/mol. The first-order chi connectivity index (χ1) is 9.78. The van der Waals surface area contributed by atoms with E-state index in [2.05, 4.69) is 20.8 Å². The molecular formula is C13H22N4O2S. The predicted molar refractivity (Wildman–Crippen MR) is 79.1 cm³/mol. The van der Waals surface area contributed by atoms with Crippen molar-refractivity contribution in [2.75, 3.05) is 18.5 Å². The Morgan fingerprint density at radius 2 is 2.35 bits per heavy atom. The molecule has 1 saturated heterocycles. The zero-order valence-electron chi connectivity index (χ0n) is 11.9. The minimum atomic E-state index is -0.214. The summed E-state index contributed by atoms with van der Waals surface area (Å²) in [6.45, 7) is 3.55. The zero-order chi connectivity index (χ0) is 14.2. The van der Waals surface area contributed by atoms with Crippen molar-refractivity contribution in [3.8, 4) is 0 Å². The molecule has 2 rings (SSSR count). The van der Waals surface area contributed by atoms with Gasteiger partial charge in [-0.15, -0.1) is 10.2 Å². The number of ether oxygens (including phenoxy) is 1. The Balaban J connectivity index is 1.57. The van der Waals surface area contributed by atoms with Crippen molar-refractivity contribution < 1.29 is 9.53 Å². The SMILES string of the molecule is CCc1nnc(NC(=O)NCCCC2CCCCO2)s1. The second-order valence-corrected chi connectivity index (χ2v) is 5.93. The van der Waals surface area contributed by atoms with E-state index in [1.807, 2.05) is 6.92 Å². The van der Waals surface area contributed by atoms with Gasteiger partial charge in [0.2, 0.25) is 5.13 Å². The quantitative estimate of drug-likeness (QED) is 0.791. The number of urea groups is 1. The number of aromatic nitrogens is 2. The molecule has 20 heavy (non-hydrogen) atoms. The predicted octanol–water partition coefficient (Wildman–Crippen LogP) is 2.57. The third-order valence-electron chi connectivity index (χ3n) is 3.25. The molecule has 0 bridgehead atoms. The highest BCUT2D eigenvalue weighted by atomic mass is 32.1. The summed E-state index contributed by atoms with van der Waals surface area (Å²) in [5.41, 5.74) is 0. The van der Waals surface area contributed by atoms with Crippen molar-refractivity contribution in [3.05, 3.63) is 5.01 Å². The molecule has 1 aliphatic rings. The molecule has 2 heterocycles. The van der Waals surface area contributed by atoms with Gasteiger partial charge in [0.25, 0.3) is 0 Å². The fourth-order valence-electron chi connectivity index (χ4n) is 2.16. The lowest BCUT2D eigenvalue weighted by Crippen LogP contribution is -2.30. The Hall–Kier alpha value is -1.21. The number of rotatable bonds is 6. The van der Waals surface area contributed by atoms with E-state index in [1.165, 1.54) is 24.2 Å². The summed E-state index contributed by atoms with van der Waals surface area (Å²) in [6.07, 6.45) is 6.75. The first-order valence-electron chi connectivity index (χ1n) is 7.26. The van der Waals surface area contributed by atoms with Crippen LogP contribution < -0.4 is 10.6 Å². The lowest BCUT2D eigenvalue weighted by molar-refractivity contribution is 0.0103. The van der Waals surface area contributed by atoms with Crippen LogP contribution in [0.1, 0.15) is 44.0 Å². The van der Waals surface area contributed by atoms with E-state index < -0.39 is 0 Å². The summed E-state index contributed by atoms with van der Waals surface area (Å²) in [5, 5.41) is 14.9. The molecule has 2 N–H and O–H groups in total. The van der Waals surface area contributed by atoms with E-state index in [0.29, 0.717) is 17.8 Å². The minimum absolute atomic E-state index is 0.214. The van der Waals surface area contributed by atoms with Crippen molar-refractivity contribution >= 4 is 22.5 Å². The molecule has 112 valence electrons. The van der Waals surface area contributed by atoms with Gasteiger partial charge < -0.3 is 10.1 Å². The molecule has 0 radical (unpaired) electrons. The first kappa shape index (κ1) is 15.2. The van der Waals surface area contributed by atoms with E-state index in [9.17, 15) is 4.79 Å². The smallest absolute Gasteiger partial charge is 0.321 e. The number of anilines is 1. The number of carbonyl (C=O) groups is 1. The summed E-state index contributed by atoms with van der Waals surface area (Å²) in [4.78, 5) is 11.6. The lowest BCUT2D eigenvalue weighted by Gasteiger charge is -2.22. The number of carbonyl (C=O) groups excluding carboxylic acids is 1. The Kier molecular flexibility index (Phi) is 6.20. The van der Waals surface area contributed by atoms with Crippen LogP contribution in [0.2, 0.25) is 0 Å². The highest BCUT2D eigenvalue weighted by Crippen LogP contribution is 2.17. The van der Waals surface area contributed by atoms with Crippen molar-refractivity contribution in [2.45, 2.75) is 51.6 Å². The summed E-state index contributed by atoms with van der Waals surface area (Å²) in [5.74, 6) is 0. The van der Waals surface area contributed by atoms with Gasteiger partial charge in [0.05, 0.1) is 6.10 Å². The largest absolute Gasteiger partial charge is 0.378 e. The van der Waals surface area contributed by atoms with Gasteiger partial charge in [0.15, 0.2) is 0 Å². The van der Waals surface area contributed by atoms with Gasteiger partial charge in [0.1, 0.15) is 5.01 Å². The zero-order valence-corrected chi connectivity index (χ0v) is 12.7. The summed E-state index contributed by atoms with van der Waals surface area (Å²) in [7, 11) is 0. The average molecular weight is 298 g/mol. The van der Waals surface area contributed by atoms with Crippen LogP contribution in [0.15, 0.2) is 0 Å². The highest BCUT2D eigenvalue weighted by molar-refractivity contribution is 7.15. The maximum atomic E-state index is 11.6. The standard InChI is InChI=1S/C13H22N4O2S/c1-2-11-16-17-13(20-11)15-12(18)14-8-5-7-10-6-3-4-9-19-10/h10H,2-9H2,1H3,(H2,14,15,17,18). The molecule has 7 heteroatoms. The Morgan fingerprint density at radius 1 is 1.45 bits per heavy atom. The monoisotopic (exact) mass is 298 g/mol. The molecule has 1 atom stereocenters. The fourth-order valence-corrected chi connectivity index (χ4v) is 2.83. The maximum Gasteiger partial charge on any atom is 0.321 e. The Morgan fingerprint density at radius 3 is 3.05 bits per heavy atom. The second-order valence-electron chi connectivity index (χ2n) is 4.87. The molecule has 0 saturated carbocycles. The van der Waals surface area contributed by atoms with Crippen LogP contribution in [0.4, 0.5) is 9.93 Å². The van der Waals surface area contributed by atoms with Crippen LogP contribution in [-0.2, 0) is 11.2 Å². The van der Waals surface area contributed by atoms with Gasteiger partial charge in [-0.1, -0.05) is 18.3 Å². The molecule has 0 aliphatic carbocycles. The fraction of sp³-hybridized carbons (Fsp3) is 0.769. The van der Waals surface area contributed by atoms with Crippen LogP contribution in [0, 0.1) is 0 Å². The summed E-state index contributed by atoms with van der Waals surface area (Å²) < 4.78 is 5.65. The van der Waals surface area contributed by atoms with Gasteiger partial charge in [0, 0.05) is 13.2 Å². The van der Waals surface area contributed by atoms with E-state index in [1.54, 1.807) is 0 Å². The number of nitrogens with one attached hydrogen (secondary N) is 2. The van der Waals surface area contributed by atoms with Crippen LogP contribution in [0.5, 0.6) is 0 Å². The second kappa shape index (κ2) is 8.16. The molecule has 6 nitrogen and oxygen atoms in total. The molecule has 1 aliphatic heterocycles. The average Bonchev–Trinajstić information content (AvgIpc) is 2.92. The third kappa shape index (κ3) is 5.05. The Labute approximate surface area is 123 Å². The minimum Gasteiger partial charge on any atom is -0.378 e. The van der Waals surface area contributed by atoms with Gasteiger partial charge >= 0.3 is 6.03 Å². The molecule has 1 aromatic heterocycles. The van der Waals surface area contributed by atoms with E-state index in [-0.39, 0.29) is 6.03 Å². The highest BCUT2D eigenvalue weighted by Gasteiger charge is 2.13. The molecule has 1 fully saturated rings. The van der Waals surface area contributed by atoms with Crippen LogP contribution in [-0.4, -0.2) is 35.5 Å². The van der Waals surface area contributed by atoms with E-state index in [0.717, 1.165) is 37.3 Å². The molecule has 0 spiro atoms. The molecule has 0 aromatic carbocycles. The molecule has 1 unspecified atom stereocenters. The number of amides is 2. The van der Waals surface area contributed by atoms with Crippen molar-refractivity contribution in [1.82, 2.24) is 15.5 Å².